The lowest BCUT2D eigenvalue weighted by Crippen LogP contribution is -2.17. The molecule has 0 aliphatic heterocycles. The first-order valence-electron chi connectivity index (χ1n) is 6.21. The van der Waals surface area contributed by atoms with Crippen LogP contribution in [0.3, 0.4) is 0 Å². The van der Waals surface area contributed by atoms with E-state index < -0.39 is 7.82 Å². The van der Waals surface area contributed by atoms with Gasteiger partial charge in [0.05, 0.1) is 0 Å². The van der Waals surface area contributed by atoms with Crippen LogP contribution >= 0.6 is 7.82 Å². The lowest BCUT2D eigenvalue weighted by molar-refractivity contribution is 0.281. The zero-order valence-electron chi connectivity index (χ0n) is 12.4. The highest BCUT2D eigenvalue weighted by molar-refractivity contribution is 7.46. The average Bonchev–Trinajstić information content (AvgIpc) is 2.11. The Balaban J connectivity index is 3.38. The van der Waals surface area contributed by atoms with E-state index in [1.54, 1.807) is 6.07 Å². The van der Waals surface area contributed by atoms with E-state index in [9.17, 15) is 4.57 Å². The molecule has 0 radical (unpaired) electrons. The van der Waals surface area contributed by atoms with Crippen molar-refractivity contribution in [3.8, 4) is 5.75 Å². The van der Waals surface area contributed by atoms with Crippen LogP contribution in [0.2, 0.25) is 0 Å². The maximum atomic E-state index is 11.0. The third-order valence-electron chi connectivity index (χ3n) is 2.87. The van der Waals surface area contributed by atoms with Crippen LogP contribution in [0.25, 0.3) is 0 Å². The number of hydrogen-bond acceptors (Lipinski definition) is 2. The van der Waals surface area contributed by atoms with Crippen molar-refractivity contribution in [3.63, 3.8) is 0 Å². The molecular weight excluding hydrogens is 263 g/mol. The Hall–Kier alpha value is -0.830. The predicted molar refractivity (Wildman–Crippen MR) is 76.5 cm³/mol. The van der Waals surface area contributed by atoms with E-state index in [-0.39, 0.29) is 16.6 Å². The maximum Gasteiger partial charge on any atom is 0.524 e. The van der Waals surface area contributed by atoms with Crippen molar-refractivity contribution < 1.29 is 18.9 Å². The van der Waals surface area contributed by atoms with Gasteiger partial charge < -0.3 is 4.52 Å². The molecule has 108 valence electrons. The SMILES string of the molecule is CC(C)(C)c1ccc(OP(=O)(O)O)c(C(C)(C)C)c1. The summed E-state index contributed by atoms with van der Waals surface area (Å²) in [6, 6.07) is 5.45. The third-order valence-corrected chi connectivity index (χ3v) is 3.31. The molecule has 0 saturated heterocycles. The maximum absolute atomic E-state index is 11.0. The normalized spacial score (nSPS) is 13.5. The average molecular weight is 286 g/mol. The molecule has 0 amide bonds. The quantitative estimate of drug-likeness (QED) is 0.812. The molecule has 0 atom stereocenters. The predicted octanol–water partition coefficient (Wildman–Crippen LogP) is 3.75. The highest BCUT2D eigenvalue weighted by Crippen LogP contribution is 2.43. The number of hydrogen-bond donors (Lipinski definition) is 2. The van der Waals surface area contributed by atoms with Crippen LogP contribution in [0.5, 0.6) is 5.75 Å². The second-order valence-corrected chi connectivity index (χ2v) is 7.96. The van der Waals surface area contributed by atoms with Gasteiger partial charge >= 0.3 is 7.82 Å². The van der Waals surface area contributed by atoms with E-state index in [1.807, 2.05) is 32.9 Å². The van der Waals surface area contributed by atoms with Gasteiger partial charge in [-0.15, -0.1) is 0 Å². The second kappa shape index (κ2) is 4.93. The van der Waals surface area contributed by atoms with Crippen molar-refractivity contribution in [2.75, 3.05) is 0 Å². The lowest BCUT2D eigenvalue weighted by atomic mass is 9.80. The summed E-state index contributed by atoms with van der Waals surface area (Å²) in [5, 5.41) is 0. The molecule has 0 bridgehead atoms. The van der Waals surface area contributed by atoms with Crippen LogP contribution in [-0.2, 0) is 15.4 Å². The van der Waals surface area contributed by atoms with Gasteiger partial charge in [0.1, 0.15) is 5.75 Å². The molecule has 0 heterocycles. The minimum Gasteiger partial charge on any atom is -0.404 e. The van der Waals surface area contributed by atoms with E-state index in [1.165, 1.54) is 0 Å². The van der Waals surface area contributed by atoms with E-state index in [0.717, 1.165) is 11.1 Å². The van der Waals surface area contributed by atoms with Gasteiger partial charge in [-0.2, -0.15) is 0 Å². The van der Waals surface area contributed by atoms with Gasteiger partial charge in [0.2, 0.25) is 0 Å². The van der Waals surface area contributed by atoms with E-state index in [2.05, 4.69) is 20.8 Å². The van der Waals surface area contributed by atoms with Gasteiger partial charge in [-0.05, 0) is 22.5 Å². The molecule has 0 aliphatic carbocycles. The highest BCUT2D eigenvalue weighted by Gasteiger charge is 2.26. The van der Waals surface area contributed by atoms with Crippen molar-refractivity contribution >= 4 is 7.82 Å². The summed E-state index contributed by atoms with van der Waals surface area (Å²) in [6.45, 7) is 12.2. The van der Waals surface area contributed by atoms with Crippen molar-refractivity contribution in [3.05, 3.63) is 29.3 Å². The van der Waals surface area contributed by atoms with Crippen molar-refractivity contribution in [1.82, 2.24) is 0 Å². The fourth-order valence-corrected chi connectivity index (χ4v) is 2.21. The Labute approximate surface area is 115 Å². The molecule has 0 spiro atoms. The van der Waals surface area contributed by atoms with Crippen molar-refractivity contribution in [2.45, 2.75) is 52.4 Å². The zero-order chi connectivity index (χ0) is 15.1. The van der Waals surface area contributed by atoms with Crippen LogP contribution in [0.15, 0.2) is 18.2 Å². The first-order valence-corrected chi connectivity index (χ1v) is 7.74. The van der Waals surface area contributed by atoms with Crippen LogP contribution in [0.4, 0.5) is 0 Å². The molecule has 0 fully saturated rings. The molecule has 5 heteroatoms. The largest absolute Gasteiger partial charge is 0.524 e. The third kappa shape index (κ3) is 4.64. The summed E-state index contributed by atoms with van der Waals surface area (Å²) in [7, 11) is -4.54. The Morgan fingerprint density at radius 2 is 1.53 bits per heavy atom. The molecule has 0 unspecified atom stereocenters. The van der Waals surface area contributed by atoms with E-state index in [4.69, 9.17) is 14.3 Å². The molecule has 4 nitrogen and oxygen atoms in total. The van der Waals surface area contributed by atoms with Gasteiger partial charge in [-0.3, -0.25) is 9.79 Å². The summed E-state index contributed by atoms with van der Waals surface area (Å²) in [5.41, 5.74) is 1.62. The van der Waals surface area contributed by atoms with Crippen molar-refractivity contribution in [1.29, 1.82) is 0 Å². The first kappa shape index (κ1) is 16.2. The number of rotatable bonds is 2. The van der Waals surface area contributed by atoms with E-state index >= 15 is 0 Å². The van der Waals surface area contributed by atoms with Gasteiger partial charge in [0.25, 0.3) is 0 Å². The first-order chi connectivity index (χ1) is 8.31. The van der Waals surface area contributed by atoms with E-state index in [0.29, 0.717) is 0 Å². The van der Waals surface area contributed by atoms with Gasteiger partial charge in [-0.25, -0.2) is 4.57 Å². The number of phosphoric ester groups is 1. The monoisotopic (exact) mass is 286 g/mol. The molecule has 0 aliphatic rings. The summed E-state index contributed by atoms with van der Waals surface area (Å²) in [5.74, 6) is 0.244. The Morgan fingerprint density at radius 1 is 1.00 bits per heavy atom. The zero-order valence-corrected chi connectivity index (χ0v) is 13.3. The van der Waals surface area contributed by atoms with Crippen LogP contribution in [0, 0.1) is 0 Å². The molecular formula is C14H23O4P. The molecule has 0 aromatic heterocycles. The number of benzene rings is 1. The Kier molecular flexibility index (Phi) is 4.21. The molecule has 2 N–H and O–H groups in total. The van der Waals surface area contributed by atoms with Crippen molar-refractivity contribution in [2.24, 2.45) is 0 Å². The standard InChI is InChI=1S/C14H23O4P/c1-13(2,3)10-7-8-12(18-19(15,16)17)11(9-10)14(4,5)6/h7-9H,1-6H3,(H2,15,16,17). The molecule has 19 heavy (non-hydrogen) atoms. The minimum atomic E-state index is -4.54. The molecule has 1 aromatic carbocycles. The molecule has 1 rings (SSSR count). The minimum absolute atomic E-state index is 0.0271. The topological polar surface area (TPSA) is 66.8 Å². The van der Waals surface area contributed by atoms with Crippen LogP contribution in [0.1, 0.15) is 52.7 Å². The van der Waals surface area contributed by atoms with Crippen LogP contribution < -0.4 is 4.52 Å². The molecule has 0 saturated carbocycles. The Bertz CT molecular complexity index is 503. The number of phosphoric acid groups is 1. The van der Waals surface area contributed by atoms with Gasteiger partial charge in [0.15, 0.2) is 0 Å². The molecule has 1 aromatic rings. The smallest absolute Gasteiger partial charge is 0.404 e. The highest BCUT2D eigenvalue weighted by atomic mass is 31.2. The lowest BCUT2D eigenvalue weighted by Gasteiger charge is -2.27. The summed E-state index contributed by atoms with van der Waals surface area (Å²) < 4.78 is 15.8. The Morgan fingerprint density at radius 3 is 1.89 bits per heavy atom. The summed E-state index contributed by atoms with van der Waals surface area (Å²) in [4.78, 5) is 18.0. The van der Waals surface area contributed by atoms with Gasteiger partial charge in [-0.1, -0.05) is 53.7 Å². The van der Waals surface area contributed by atoms with Crippen LogP contribution in [-0.4, -0.2) is 9.79 Å². The van der Waals surface area contributed by atoms with Gasteiger partial charge in [0, 0.05) is 5.56 Å². The summed E-state index contributed by atoms with van der Waals surface area (Å²) in [6.07, 6.45) is 0. The second-order valence-electron chi connectivity index (χ2n) is 6.79. The fraction of sp³-hybridized carbons (Fsp3) is 0.571. The fourth-order valence-electron chi connectivity index (χ4n) is 1.79. The summed E-state index contributed by atoms with van der Waals surface area (Å²) >= 11 is 0.